The number of carbonyl (C=O) groups is 1. The van der Waals surface area contributed by atoms with Crippen molar-refractivity contribution in [3.63, 3.8) is 0 Å². The Morgan fingerprint density at radius 1 is 1.33 bits per heavy atom. The molecule has 0 aliphatic rings. The fraction of sp³-hybridized carbons (Fsp3) is 0.0667. The van der Waals surface area contributed by atoms with Crippen molar-refractivity contribution in [3.05, 3.63) is 53.3 Å². The molecule has 0 spiro atoms. The molecule has 1 aromatic carbocycles. The molecular weight excluding hydrogens is 292 g/mol. The number of fused-ring (bicyclic) bond motifs is 1. The zero-order valence-electron chi connectivity index (χ0n) is 11.1. The molecule has 1 N–H and O–H groups in total. The molecule has 2 heterocycles. The Labute approximate surface area is 125 Å². The predicted octanol–water partition coefficient (Wildman–Crippen LogP) is 3.39. The molecule has 2 aromatic heterocycles. The van der Waals surface area contributed by atoms with E-state index in [0.29, 0.717) is 22.1 Å². The standard InChI is InChI=1S/C15H11ClN2O3/c1-21-10-4-5-12-9(7-10)8-13(15(19)20)18(12)14-11(16)3-2-6-17-14/h2-8H,1H3,(H,19,20). The van der Waals surface area contributed by atoms with Gasteiger partial charge in [0.1, 0.15) is 11.4 Å². The number of methoxy groups -OCH3 is 1. The van der Waals surface area contributed by atoms with Crippen LogP contribution >= 0.6 is 11.6 Å². The second kappa shape index (κ2) is 5.10. The van der Waals surface area contributed by atoms with Crippen LogP contribution in [0, 0.1) is 0 Å². The highest BCUT2D eigenvalue weighted by Gasteiger charge is 2.18. The van der Waals surface area contributed by atoms with Crippen LogP contribution in [0.15, 0.2) is 42.6 Å². The van der Waals surface area contributed by atoms with Crippen LogP contribution in [0.2, 0.25) is 5.02 Å². The third-order valence-electron chi connectivity index (χ3n) is 3.18. The summed E-state index contributed by atoms with van der Waals surface area (Å²) in [5.74, 6) is -0.00710. The van der Waals surface area contributed by atoms with Crippen molar-refractivity contribution in [2.75, 3.05) is 7.11 Å². The van der Waals surface area contributed by atoms with Gasteiger partial charge in [-0.1, -0.05) is 11.6 Å². The van der Waals surface area contributed by atoms with Gasteiger partial charge in [0, 0.05) is 11.6 Å². The van der Waals surface area contributed by atoms with E-state index < -0.39 is 5.97 Å². The van der Waals surface area contributed by atoms with Gasteiger partial charge in [0.05, 0.1) is 17.6 Å². The van der Waals surface area contributed by atoms with E-state index in [1.807, 2.05) is 0 Å². The number of nitrogens with zero attached hydrogens (tertiary/aromatic N) is 2. The number of carboxylic acids is 1. The Hall–Kier alpha value is -2.53. The van der Waals surface area contributed by atoms with Crippen molar-refractivity contribution in [2.45, 2.75) is 0 Å². The molecule has 0 amide bonds. The van der Waals surface area contributed by atoms with Crippen molar-refractivity contribution in [1.82, 2.24) is 9.55 Å². The van der Waals surface area contributed by atoms with Gasteiger partial charge in [-0.3, -0.25) is 4.57 Å². The van der Waals surface area contributed by atoms with E-state index in [1.165, 1.54) is 4.57 Å². The van der Waals surface area contributed by atoms with Crippen LogP contribution in [0.4, 0.5) is 0 Å². The molecule has 0 radical (unpaired) electrons. The Bertz CT molecular complexity index is 842. The molecule has 3 aromatic rings. The van der Waals surface area contributed by atoms with Crippen molar-refractivity contribution in [1.29, 1.82) is 0 Å². The summed E-state index contributed by atoms with van der Waals surface area (Å²) in [6, 6.07) is 10.3. The summed E-state index contributed by atoms with van der Waals surface area (Å²) in [5, 5.41) is 10.5. The third-order valence-corrected chi connectivity index (χ3v) is 3.47. The van der Waals surface area contributed by atoms with Gasteiger partial charge in [-0.2, -0.15) is 0 Å². The van der Waals surface area contributed by atoms with E-state index in [9.17, 15) is 9.90 Å². The number of pyridine rings is 1. The van der Waals surface area contributed by atoms with Gasteiger partial charge in [0.2, 0.25) is 0 Å². The fourth-order valence-electron chi connectivity index (χ4n) is 2.25. The summed E-state index contributed by atoms with van der Waals surface area (Å²) in [4.78, 5) is 15.7. The number of carboxylic acid groups (broad SMARTS) is 1. The number of halogens is 1. The molecular formula is C15H11ClN2O3. The first-order valence-electron chi connectivity index (χ1n) is 6.15. The largest absolute Gasteiger partial charge is 0.497 e. The van der Waals surface area contributed by atoms with E-state index in [-0.39, 0.29) is 5.69 Å². The van der Waals surface area contributed by atoms with E-state index in [1.54, 1.807) is 49.7 Å². The maximum Gasteiger partial charge on any atom is 0.352 e. The van der Waals surface area contributed by atoms with Gasteiger partial charge in [-0.15, -0.1) is 0 Å². The van der Waals surface area contributed by atoms with Gasteiger partial charge < -0.3 is 9.84 Å². The third kappa shape index (κ3) is 2.21. The fourth-order valence-corrected chi connectivity index (χ4v) is 2.45. The van der Waals surface area contributed by atoms with Crippen molar-refractivity contribution in [3.8, 4) is 11.6 Å². The SMILES string of the molecule is COc1ccc2c(c1)cc(C(=O)O)n2-c1ncccc1Cl. The number of benzene rings is 1. The van der Waals surface area contributed by atoms with Gasteiger partial charge >= 0.3 is 5.97 Å². The molecule has 0 saturated heterocycles. The first kappa shape index (κ1) is 13.5. The van der Waals surface area contributed by atoms with Crippen molar-refractivity contribution < 1.29 is 14.6 Å². The zero-order valence-corrected chi connectivity index (χ0v) is 11.8. The molecule has 0 atom stereocenters. The lowest BCUT2D eigenvalue weighted by Gasteiger charge is -2.09. The number of aromatic carboxylic acids is 1. The highest BCUT2D eigenvalue weighted by atomic mass is 35.5. The number of ether oxygens (including phenoxy) is 1. The summed E-state index contributed by atoms with van der Waals surface area (Å²) in [6.07, 6.45) is 1.57. The molecule has 0 aliphatic heterocycles. The Morgan fingerprint density at radius 3 is 2.81 bits per heavy atom. The van der Waals surface area contributed by atoms with Gasteiger partial charge in [0.25, 0.3) is 0 Å². The Balaban J connectivity index is 2.37. The predicted molar refractivity (Wildman–Crippen MR) is 79.6 cm³/mol. The highest BCUT2D eigenvalue weighted by Crippen LogP contribution is 2.29. The van der Waals surface area contributed by atoms with Crippen molar-refractivity contribution >= 4 is 28.5 Å². The van der Waals surface area contributed by atoms with Crippen LogP contribution < -0.4 is 4.74 Å². The van der Waals surface area contributed by atoms with Gasteiger partial charge in [0.15, 0.2) is 5.82 Å². The van der Waals surface area contributed by atoms with Gasteiger partial charge in [-0.05, 0) is 36.4 Å². The minimum Gasteiger partial charge on any atom is -0.497 e. The number of rotatable bonds is 3. The first-order valence-corrected chi connectivity index (χ1v) is 6.53. The molecule has 5 nitrogen and oxygen atoms in total. The van der Waals surface area contributed by atoms with E-state index in [0.717, 1.165) is 5.39 Å². The van der Waals surface area contributed by atoms with Crippen LogP contribution in [0.3, 0.4) is 0 Å². The lowest BCUT2D eigenvalue weighted by atomic mass is 10.2. The minimum atomic E-state index is -1.05. The zero-order chi connectivity index (χ0) is 15.0. The van der Waals surface area contributed by atoms with Crippen molar-refractivity contribution in [2.24, 2.45) is 0 Å². The Kier molecular flexibility index (Phi) is 3.27. The minimum absolute atomic E-state index is 0.0962. The first-order chi connectivity index (χ1) is 10.1. The van der Waals surface area contributed by atoms with E-state index in [4.69, 9.17) is 16.3 Å². The lowest BCUT2D eigenvalue weighted by molar-refractivity contribution is 0.0688. The average Bonchev–Trinajstić information content (AvgIpc) is 2.86. The smallest absolute Gasteiger partial charge is 0.352 e. The van der Waals surface area contributed by atoms with Crippen LogP contribution in [0.5, 0.6) is 5.75 Å². The topological polar surface area (TPSA) is 64.3 Å². The molecule has 106 valence electrons. The number of aromatic nitrogens is 2. The second-order valence-electron chi connectivity index (χ2n) is 4.40. The number of hydrogen-bond donors (Lipinski definition) is 1. The molecule has 6 heteroatoms. The maximum atomic E-state index is 11.5. The molecule has 0 fully saturated rings. The number of hydrogen-bond acceptors (Lipinski definition) is 3. The summed E-state index contributed by atoms with van der Waals surface area (Å²) < 4.78 is 6.69. The Morgan fingerprint density at radius 2 is 2.14 bits per heavy atom. The molecule has 0 unspecified atom stereocenters. The quantitative estimate of drug-likeness (QED) is 0.805. The summed E-state index contributed by atoms with van der Waals surface area (Å²) in [5.41, 5.74) is 0.799. The van der Waals surface area contributed by atoms with E-state index in [2.05, 4.69) is 4.98 Å². The van der Waals surface area contributed by atoms with E-state index >= 15 is 0 Å². The second-order valence-corrected chi connectivity index (χ2v) is 4.81. The average molecular weight is 303 g/mol. The molecule has 0 bridgehead atoms. The monoisotopic (exact) mass is 302 g/mol. The van der Waals surface area contributed by atoms with Crippen LogP contribution in [-0.4, -0.2) is 27.7 Å². The van der Waals surface area contributed by atoms with Crippen LogP contribution in [0.1, 0.15) is 10.5 Å². The normalized spacial score (nSPS) is 10.8. The highest BCUT2D eigenvalue weighted by molar-refractivity contribution is 6.32. The van der Waals surface area contributed by atoms with Crippen LogP contribution in [-0.2, 0) is 0 Å². The summed E-state index contributed by atoms with van der Waals surface area (Å²) in [7, 11) is 1.56. The van der Waals surface area contributed by atoms with Gasteiger partial charge in [-0.25, -0.2) is 9.78 Å². The molecule has 21 heavy (non-hydrogen) atoms. The summed E-state index contributed by atoms with van der Waals surface area (Å²) >= 11 is 6.15. The summed E-state index contributed by atoms with van der Waals surface area (Å²) in [6.45, 7) is 0. The van der Waals surface area contributed by atoms with Crippen LogP contribution in [0.25, 0.3) is 16.7 Å². The molecule has 0 saturated carbocycles. The lowest BCUT2D eigenvalue weighted by Crippen LogP contribution is -2.08. The maximum absolute atomic E-state index is 11.5. The molecule has 0 aliphatic carbocycles. The molecule has 3 rings (SSSR count).